The highest BCUT2D eigenvalue weighted by Gasteiger charge is 2.23. The Morgan fingerprint density at radius 2 is 2.40 bits per heavy atom. The molecular weight excluding hydrogens is 220 g/mol. The van der Waals surface area contributed by atoms with Crippen molar-refractivity contribution in [2.75, 3.05) is 11.9 Å². The first kappa shape index (κ1) is 11.5. The molecule has 0 atom stereocenters. The molecule has 0 aliphatic carbocycles. The second-order valence-electron chi connectivity index (χ2n) is 3.03. The third-order valence-electron chi connectivity index (χ3n) is 1.82. The Balaban J connectivity index is 3.04. The number of hydrogen-bond acceptors (Lipinski definition) is 4. The van der Waals surface area contributed by atoms with Gasteiger partial charge in [0.05, 0.1) is 11.5 Å². The van der Waals surface area contributed by atoms with E-state index in [0.29, 0.717) is 16.5 Å². The molecule has 1 aromatic rings. The summed E-state index contributed by atoms with van der Waals surface area (Å²) < 4.78 is 1.41. The lowest BCUT2D eigenvalue weighted by atomic mass is 10.4. The van der Waals surface area contributed by atoms with Crippen molar-refractivity contribution in [1.29, 1.82) is 0 Å². The van der Waals surface area contributed by atoms with E-state index in [4.69, 9.17) is 11.6 Å². The lowest BCUT2D eigenvalue weighted by Crippen LogP contribution is -2.07. The minimum Gasteiger partial charge on any atom is -0.360 e. The van der Waals surface area contributed by atoms with Crippen LogP contribution in [0.2, 0.25) is 0 Å². The molecule has 0 aliphatic rings. The normalized spacial score (nSPS) is 10.1. The van der Waals surface area contributed by atoms with E-state index in [1.165, 1.54) is 4.68 Å². The maximum Gasteiger partial charge on any atom is 0.333 e. The van der Waals surface area contributed by atoms with Gasteiger partial charge in [-0.25, -0.2) is 4.68 Å². The van der Waals surface area contributed by atoms with E-state index < -0.39 is 4.92 Å². The maximum atomic E-state index is 10.8. The number of anilines is 1. The van der Waals surface area contributed by atoms with Crippen LogP contribution in [0.4, 0.5) is 11.5 Å². The van der Waals surface area contributed by atoms with Crippen LogP contribution in [0.3, 0.4) is 0 Å². The Morgan fingerprint density at radius 3 is 2.87 bits per heavy atom. The van der Waals surface area contributed by atoms with Gasteiger partial charge < -0.3 is 5.32 Å². The molecule has 15 heavy (non-hydrogen) atoms. The van der Waals surface area contributed by atoms with Gasteiger partial charge in [0.25, 0.3) is 0 Å². The van der Waals surface area contributed by atoms with E-state index in [2.05, 4.69) is 17.0 Å². The Labute approximate surface area is 91.7 Å². The fraction of sp³-hybridized carbons (Fsp3) is 0.375. The van der Waals surface area contributed by atoms with Gasteiger partial charge >= 0.3 is 5.69 Å². The molecular formula is C8H11ClN4O2. The molecule has 1 heterocycles. The summed E-state index contributed by atoms with van der Waals surface area (Å²) in [4.78, 5) is 10.3. The second kappa shape index (κ2) is 4.31. The van der Waals surface area contributed by atoms with Crippen molar-refractivity contribution in [3.63, 3.8) is 0 Å². The maximum absolute atomic E-state index is 10.8. The molecule has 0 saturated heterocycles. The first-order chi connectivity index (χ1) is 6.93. The van der Waals surface area contributed by atoms with Crippen molar-refractivity contribution in [3.8, 4) is 0 Å². The van der Waals surface area contributed by atoms with Crippen LogP contribution in [0, 0.1) is 17.0 Å². The van der Waals surface area contributed by atoms with E-state index >= 15 is 0 Å². The fourth-order valence-corrected chi connectivity index (χ4v) is 1.31. The third kappa shape index (κ3) is 2.47. The predicted octanol–water partition coefficient (Wildman–Crippen LogP) is 1.80. The summed E-state index contributed by atoms with van der Waals surface area (Å²) in [6, 6.07) is 0. The van der Waals surface area contributed by atoms with Gasteiger partial charge in [-0.15, -0.1) is 0 Å². The second-order valence-corrected chi connectivity index (χ2v) is 3.57. The summed E-state index contributed by atoms with van der Waals surface area (Å²) in [5.74, 6) is 0.333. The zero-order valence-electron chi connectivity index (χ0n) is 8.45. The number of nitrogens with one attached hydrogen (secondary N) is 1. The Bertz CT molecular complexity index is 413. The average molecular weight is 231 g/mol. The molecule has 0 unspecified atom stereocenters. The van der Waals surface area contributed by atoms with E-state index in [1.807, 2.05) is 0 Å². The van der Waals surface area contributed by atoms with E-state index in [1.54, 1.807) is 14.0 Å². The highest BCUT2D eigenvalue weighted by atomic mass is 35.5. The van der Waals surface area contributed by atoms with Crippen molar-refractivity contribution in [2.45, 2.75) is 6.92 Å². The van der Waals surface area contributed by atoms with Crippen LogP contribution in [0.1, 0.15) is 5.69 Å². The Kier molecular flexibility index (Phi) is 3.31. The SMILES string of the molecule is C=C(Cl)CNc1c([N+](=O)[O-])c(C)nn1C. The molecule has 0 aliphatic heterocycles. The van der Waals surface area contributed by atoms with Crippen LogP contribution in [0.15, 0.2) is 11.6 Å². The number of aromatic nitrogens is 2. The van der Waals surface area contributed by atoms with Crippen LogP contribution < -0.4 is 5.32 Å². The number of nitrogens with zero attached hydrogens (tertiary/aromatic N) is 3. The van der Waals surface area contributed by atoms with E-state index in [0.717, 1.165) is 0 Å². The summed E-state index contributed by atoms with van der Waals surface area (Å²) in [5.41, 5.74) is 0.334. The fourth-order valence-electron chi connectivity index (χ4n) is 1.24. The van der Waals surface area contributed by atoms with Crippen molar-refractivity contribution in [1.82, 2.24) is 9.78 Å². The average Bonchev–Trinajstić information content (AvgIpc) is 2.37. The highest BCUT2D eigenvalue weighted by Crippen LogP contribution is 2.27. The molecule has 6 nitrogen and oxygen atoms in total. The first-order valence-corrected chi connectivity index (χ1v) is 4.56. The lowest BCUT2D eigenvalue weighted by Gasteiger charge is -2.03. The molecule has 1 aromatic heterocycles. The first-order valence-electron chi connectivity index (χ1n) is 4.18. The molecule has 82 valence electrons. The summed E-state index contributed by atoms with van der Waals surface area (Å²) in [7, 11) is 1.62. The number of hydrogen-bond donors (Lipinski definition) is 1. The largest absolute Gasteiger partial charge is 0.360 e. The van der Waals surface area contributed by atoms with Crippen LogP contribution in [0.5, 0.6) is 0 Å². The zero-order valence-corrected chi connectivity index (χ0v) is 9.21. The molecule has 7 heteroatoms. The van der Waals surface area contributed by atoms with Gasteiger partial charge in [0.1, 0.15) is 5.69 Å². The molecule has 0 amide bonds. The van der Waals surface area contributed by atoms with Crippen molar-refractivity contribution < 1.29 is 4.92 Å². The van der Waals surface area contributed by atoms with Gasteiger partial charge in [0.2, 0.25) is 5.82 Å². The number of nitro groups is 1. The number of aryl methyl sites for hydroxylation is 2. The van der Waals surface area contributed by atoms with Gasteiger partial charge in [-0.3, -0.25) is 10.1 Å². The third-order valence-corrected chi connectivity index (χ3v) is 1.95. The van der Waals surface area contributed by atoms with Crippen LogP contribution >= 0.6 is 11.6 Å². The van der Waals surface area contributed by atoms with E-state index in [-0.39, 0.29) is 12.2 Å². The lowest BCUT2D eigenvalue weighted by molar-refractivity contribution is -0.384. The quantitative estimate of drug-likeness (QED) is 0.632. The van der Waals surface area contributed by atoms with Crippen LogP contribution in [0.25, 0.3) is 0 Å². The standard InChI is InChI=1S/C8H11ClN4O2/c1-5(9)4-10-8-7(13(14)15)6(2)11-12(8)3/h10H,1,4H2,2-3H3. The van der Waals surface area contributed by atoms with Gasteiger partial charge in [-0.2, -0.15) is 5.10 Å². The van der Waals surface area contributed by atoms with Crippen molar-refractivity contribution in [3.05, 3.63) is 27.4 Å². The van der Waals surface area contributed by atoms with E-state index in [9.17, 15) is 10.1 Å². The zero-order chi connectivity index (χ0) is 11.6. The molecule has 0 fully saturated rings. The van der Waals surface area contributed by atoms with Crippen LogP contribution in [-0.2, 0) is 7.05 Å². The molecule has 0 spiro atoms. The number of halogens is 1. The monoisotopic (exact) mass is 230 g/mol. The minimum absolute atomic E-state index is 0.0320. The van der Waals surface area contributed by atoms with Crippen LogP contribution in [-0.4, -0.2) is 21.2 Å². The summed E-state index contributed by atoms with van der Waals surface area (Å²) in [6.07, 6.45) is 0. The smallest absolute Gasteiger partial charge is 0.333 e. The topological polar surface area (TPSA) is 73.0 Å². The predicted molar refractivity (Wildman–Crippen MR) is 58.1 cm³/mol. The highest BCUT2D eigenvalue weighted by molar-refractivity contribution is 6.29. The van der Waals surface area contributed by atoms with Gasteiger partial charge in [0, 0.05) is 12.1 Å². The molecule has 1 N–H and O–H groups in total. The molecule has 0 bridgehead atoms. The van der Waals surface area contributed by atoms with Crippen molar-refractivity contribution >= 4 is 23.1 Å². The molecule has 1 rings (SSSR count). The summed E-state index contributed by atoms with van der Waals surface area (Å²) in [5, 5.41) is 17.9. The number of rotatable bonds is 4. The molecule has 0 aromatic carbocycles. The summed E-state index contributed by atoms with van der Waals surface area (Å²) >= 11 is 5.56. The molecule has 0 radical (unpaired) electrons. The van der Waals surface area contributed by atoms with Gasteiger partial charge in [-0.1, -0.05) is 18.2 Å². The van der Waals surface area contributed by atoms with Gasteiger partial charge in [-0.05, 0) is 6.92 Å². The minimum atomic E-state index is -0.471. The molecule has 0 saturated carbocycles. The Morgan fingerprint density at radius 1 is 1.80 bits per heavy atom. The van der Waals surface area contributed by atoms with Gasteiger partial charge in [0.15, 0.2) is 0 Å². The summed E-state index contributed by atoms with van der Waals surface area (Å²) in [6.45, 7) is 5.33. The van der Waals surface area contributed by atoms with Crippen molar-refractivity contribution in [2.24, 2.45) is 7.05 Å². The Hall–Kier alpha value is -1.56.